The fourth-order valence-corrected chi connectivity index (χ4v) is 5.46. The topological polar surface area (TPSA) is 80.5 Å². The molecule has 1 aliphatic rings. The molecule has 144 valence electrons. The van der Waals surface area contributed by atoms with E-state index in [2.05, 4.69) is 4.98 Å². The Morgan fingerprint density at radius 3 is 2.66 bits per heavy atom. The molecule has 0 radical (unpaired) electrons. The highest BCUT2D eigenvalue weighted by molar-refractivity contribution is 7.18. The second-order valence-corrected chi connectivity index (χ2v) is 8.69. The lowest BCUT2D eigenvalue weighted by molar-refractivity contribution is 0.0969. The molecule has 4 heterocycles. The third-order valence-corrected chi connectivity index (χ3v) is 7.08. The Bertz CT molecular complexity index is 1350. The molecule has 3 aromatic heterocycles. The van der Waals surface area contributed by atoms with Crippen molar-refractivity contribution in [3.63, 3.8) is 0 Å². The fourth-order valence-electron chi connectivity index (χ4n) is 3.64. The van der Waals surface area contributed by atoms with E-state index in [1.54, 1.807) is 31.2 Å². The summed E-state index contributed by atoms with van der Waals surface area (Å²) >= 11 is 2.61. The highest BCUT2D eigenvalue weighted by Gasteiger charge is 2.45. The first-order valence-electron chi connectivity index (χ1n) is 8.88. The molecule has 5 rings (SSSR count). The number of hydrogen-bond acceptors (Lipinski definition) is 7. The van der Waals surface area contributed by atoms with Gasteiger partial charge in [-0.15, -0.1) is 11.3 Å². The Balaban J connectivity index is 1.80. The quantitative estimate of drug-likeness (QED) is 0.452. The summed E-state index contributed by atoms with van der Waals surface area (Å²) in [4.78, 5) is 45.9. The molecule has 1 atom stereocenters. The number of hydrogen-bond donors (Lipinski definition) is 0. The van der Waals surface area contributed by atoms with Gasteiger partial charge in [0.25, 0.3) is 5.91 Å². The van der Waals surface area contributed by atoms with Crippen LogP contribution in [0, 0.1) is 6.92 Å². The van der Waals surface area contributed by atoms with E-state index in [-0.39, 0.29) is 17.0 Å². The Morgan fingerprint density at radius 2 is 1.97 bits per heavy atom. The van der Waals surface area contributed by atoms with Crippen LogP contribution >= 0.6 is 22.7 Å². The number of nitrogens with zero attached hydrogens (tertiary/aromatic N) is 2. The van der Waals surface area contributed by atoms with Crippen molar-refractivity contribution in [1.29, 1.82) is 0 Å². The highest BCUT2D eigenvalue weighted by atomic mass is 32.1. The first kappa shape index (κ1) is 18.0. The number of amides is 1. The van der Waals surface area contributed by atoms with Crippen molar-refractivity contribution in [2.45, 2.75) is 19.9 Å². The van der Waals surface area contributed by atoms with Crippen molar-refractivity contribution in [2.24, 2.45) is 0 Å². The molecule has 8 heteroatoms. The van der Waals surface area contributed by atoms with Gasteiger partial charge in [0.1, 0.15) is 11.6 Å². The first-order chi connectivity index (χ1) is 14.0. The Hall–Kier alpha value is -3.10. The smallest absolute Gasteiger partial charge is 0.297 e. The molecule has 1 aliphatic heterocycles. The number of aryl methyl sites for hydroxylation is 1. The van der Waals surface area contributed by atoms with E-state index < -0.39 is 11.9 Å². The predicted octanol–water partition coefficient (Wildman–Crippen LogP) is 4.57. The molecule has 0 saturated heterocycles. The van der Waals surface area contributed by atoms with Gasteiger partial charge < -0.3 is 4.42 Å². The number of anilines is 1. The molecule has 0 N–H and O–H groups in total. The number of para-hydroxylation sites is 1. The zero-order valence-corrected chi connectivity index (χ0v) is 17.1. The molecular formula is C21H14N2O4S2. The van der Waals surface area contributed by atoms with E-state index in [1.807, 2.05) is 17.5 Å². The highest BCUT2D eigenvalue weighted by Crippen LogP contribution is 2.44. The van der Waals surface area contributed by atoms with Crippen LogP contribution in [-0.4, -0.2) is 16.7 Å². The number of rotatable bonds is 3. The zero-order valence-electron chi connectivity index (χ0n) is 15.5. The summed E-state index contributed by atoms with van der Waals surface area (Å²) in [6.45, 7) is 3.21. The average molecular weight is 422 g/mol. The van der Waals surface area contributed by atoms with E-state index in [0.29, 0.717) is 32.2 Å². The summed E-state index contributed by atoms with van der Waals surface area (Å²) in [6.07, 6.45) is 0. The summed E-state index contributed by atoms with van der Waals surface area (Å²) in [5.41, 5.74) is 1.02. The molecule has 29 heavy (non-hydrogen) atoms. The van der Waals surface area contributed by atoms with Gasteiger partial charge in [-0.1, -0.05) is 29.5 Å². The Morgan fingerprint density at radius 1 is 1.17 bits per heavy atom. The maximum Gasteiger partial charge on any atom is 0.297 e. The van der Waals surface area contributed by atoms with Crippen LogP contribution in [0.1, 0.15) is 49.3 Å². The molecular weight excluding hydrogens is 408 g/mol. The van der Waals surface area contributed by atoms with Crippen molar-refractivity contribution in [2.75, 3.05) is 4.90 Å². The summed E-state index contributed by atoms with van der Waals surface area (Å²) in [6, 6.07) is 10.0. The van der Waals surface area contributed by atoms with Crippen LogP contribution < -0.4 is 10.3 Å². The van der Waals surface area contributed by atoms with Gasteiger partial charge in [0, 0.05) is 11.8 Å². The van der Waals surface area contributed by atoms with E-state index in [9.17, 15) is 14.4 Å². The molecule has 0 fully saturated rings. The fraction of sp³-hybridized carbons (Fsp3) is 0.143. The standard InChI is InChI=1S/C21H14N2O4S2/c1-10-19(11(2)24)29-21(22-10)23-16(14-8-5-9-28-14)15-17(25)12-6-3-4-7-13(12)27-18(15)20(23)26/h3-9,16H,1-2H3. The van der Waals surface area contributed by atoms with Crippen LogP contribution in [0.2, 0.25) is 0 Å². The number of carbonyl (C=O) groups is 2. The van der Waals surface area contributed by atoms with Gasteiger partial charge in [0.05, 0.1) is 21.5 Å². The van der Waals surface area contributed by atoms with Crippen molar-refractivity contribution in [3.05, 3.63) is 78.8 Å². The number of fused-ring (bicyclic) bond motifs is 2. The molecule has 6 nitrogen and oxygen atoms in total. The maximum absolute atomic E-state index is 13.4. The van der Waals surface area contributed by atoms with Crippen molar-refractivity contribution >= 4 is 50.5 Å². The normalized spacial score (nSPS) is 15.9. The molecule has 1 amide bonds. The minimum Gasteiger partial charge on any atom is -0.450 e. The van der Waals surface area contributed by atoms with Gasteiger partial charge in [-0.05, 0) is 30.5 Å². The summed E-state index contributed by atoms with van der Waals surface area (Å²) in [7, 11) is 0. The van der Waals surface area contributed by atoms with Crippen LogP contribution in [-0.2, 0) is 0 Å². The summed E-state index contributed by atoms with van der Waals surface area (Å²) in [5.74, 6) is -0.502. The third-order valence-electron chi connectivity index (χ3n) is 4.90. The lowest BCUT2D eigenvalue weighted by Crippen LogP contribution is -2.28. The molecule has 0 aliphatic carbocycles. The molecule has 0 spiro atoms. The van der Waals surface area contributed by atoms with Crippen LogP contribution in [0.15, 0.2) is 51.0 Å². The average Bonchev–Trinajstić information content (AvgIpc) is 3.41. The third kappa shape index (κ3) is 2.60. The number of thiophene rings is 1. The first-order valence-corrected chi connectivity index (χ1v) is 10.6. The lowest BCUT2D eigenvalue weighted by Gasteiger charge is -2.20. The van der Waals surface area contributed by atoms with Crippen molar-refractivity contribution < 1.29 is 14.0 Å². The number of ketones is 1. The second kappa shape index (κ2) is 6.47. The van der Waals surface area contributed by atoms with Crippen LogP contribution in [0.3, 0.4) is 0 Å². The molecule has 4 aromatic rings. The number of benzene rings is 1. The number of thiazole rings is 1. The number of aromatic nitrogens is 1. The largest absolute Gasteiger partial charge is 0.450 e. The Kier molecular flexibility index (Phi) is 4.01. The summed E-state index contributed by atoms with van der Waals surface area (Å²) in [5, 5.41) is 2.71. The number of Topliss-reactive ketones (excluding diaryl/α,β-unsaturated/α-hetero) is 1. The van der Waals surface area contributed by atoms with Crippen LogP contribution in [0.25, 0.3) is 11.0 Å². The molecule has 1 unspecified atom stereocenters. The molecule has 1 aromatic carbocycles. The van der Waals surface area contributed by atoms with Crippen molar-refractivity contribution in [1.82, 2.24) is 4.98 Å². The van der Waals surface area contributed by atoms with Gasteiger partial charge in [0.2, 0.25) is 5.76 Å². The van der Waals surface area contributed by atoms with E-state index in [1.165, 1.54) is 23.2 Å². The predicted molar refractivity (Wildman–Crippen MR) is 112 cm³/mol. The van der Waals surface area contributed by atoms with Crippen molar-refractivity contribution in [3.8, 4) is 0 Å². The van der Waals surface area contributed by atoms with E-state index in [0.717, 1.165) is 16.2 Å². The van der Waals surface area contributed by atoms with E-state index in [4.69, 9.17) is 4.42 Å². The van der Waals surface area contributed by atoms with Gasteiger partial charge in [-0.25, -0.2) is 4.98 Å². The van der Waals surface area contributed by atoms with Crippen LogP contribution in [0.4, 0.5) is 5.13 Å². The van der Waals surface area contributed by atoms with Gasteiger partial charge in [-0.3, -0.25) is 19.3 Å². The van der Waals surface area contributed by atoms with Gasteiger partial charge >= 0.3 is 0 Å². The van der Waals surface area contributed by atoms with Crippen LogP contribution in [0.5, 0.6) is 0 Å². The van der Waals surface area contributed by atoms with Gasteiger partial charge in [0.15, 0.2) is 16.3 Å². The zero-order chi connectivity index (χ0) is 20.3. The minimum absolute atomic E-state index is 0.0318. The number of carbonyl (C=O) groups excluding carboxylic acids is 2. The molecule has 0 bridgehead atoms. The molecule has 0 saturated carbocycles. The maximum atomic E-state index is 13.4. The SMILES string of the molecule is CC(=O)c1sc(N2C(=O)c3oc4ccccc4c(=O)c3C2c2cccs2)nc1C. The monoisotopic (exact) mass is 422 g/mol. The second-order valence-electron chi connectivity index (χ2n) is 6.73. The summed E-state index contributed by atoms with van der Waals surface area (Å²) < 4.78 is 5.89. The minimum atomic E-state index is -0.635. The van der Waals surface area contributed by atoms with Gasteiger partial charge in [-0.2, -0.15) is 0 Å². The van der Waals surface area contributed by atoms with E-state index >= 15 is 0 Å². The Labute approximate surface area is 173 Å². The lowest BCUT2D eigenvalue weighted by atomic mass is 10.0.